The van der Waals surface area contributed by atoms with E-state index in [0.717, 1.165) is 5.92 Å². The molecule has 102 valence electrons. The number of nitrogens with zero attached hydrogens (tertiary/aromatic N) is 1. The van der Waals surface area contributed by atoms with Gasteiger partial charge in [0.25, 0.3) is 0 Å². The summed E-state index contributed by atoms with van der Waals surface area (Å²) in [5, 5.41) is 3.59. The Morgan fingerprint density at radius 2 is 2.00 bits per heavy atom. The molecule has 1 rings (SSSR count). The van der Waals surface area contributed by atoms with Crippen LogP contribution in [0.4, 0.5) is 0 Å². The number of nitrogens with one attached hydrogen (secondary N) is 1. The van der Waals surface area contributed by atoms with Crippen LogP contribution in [0.5, 0.6) is 0 Å². The summed E-state index contributed by atoms with van der Waals surface area (Å²) in [6.07, 6.45) is 4.15. The molecule has 0 bridgehead atoms. The summed E-state index contributed by atoms with van der Waals surface area (Å²) < 4.78 is 0. The monoisotopic (exact) mass is 240 g/mol. The van der Waals surface area contributed by atoms with Gasteiger partial charge in [-0.25, -0.2) is 0 Å². The van der Waals surface area contributed by atoms with Gasteiger partial charge < -0.3 is 10.2 Å². The lowest BCUT2D eigenvalue weighted by Gasteiger charge is -2.46. The molecule has 2 unspecified atom stereocenters. The first-order chi connectivity index (χ1) is 7.92. The van der Waals surface area contributed by atoms with E-state index in [9.17, 15) is 0 Å². The minimum atomic E-state index is 0.452. The lowest BCUT2D eigenvalue weighted by molar-refractivity contribution is 0.0757. The van der Waals surface area contributed by atoms with Crippen LogP contribution < -0.4 is 5.32 Å². The zero-order valence-corrected chi connectivity index (χ0v) is 12.7. The van der Waals surface area contributed by atoms with Crippen molar-refractivity contribution in [2.24, 2.45) is 11.3 Å². The Hall–Kier alpha value is -0.0800. The first kappa shape index (κ1) is 15.0. The minimum absolute atomic E-state index is 0.452. The molecule has 0 radical (unpaired) electrons. The number of rotatable bonds is 5. The smallest absolute Gasteiger partial charge is 0.0156 e. The predicted octanol–water partition coefficient (Wildman–Crippen LogP) is 3.13. The predicted molar refractivity (Wildman–Crippen MR) is 76.4 cm³/mol. The summed E-state index contributed by atoms with van der Waals surface area (Å²) >= 11 is 0. The SMILES string of the molecule is CCN(CC1CCCC(C)(C)C1NC)C(C)C. The highest BCUT2D eigenvalue weighted by atomic mass is 15.1. The lowest BCUT2D eigenvalue weighted by atomic mass is 9.68. The molecule has 2 nitrogen and oxygen atoms in total. The molecule has 0 aromatic carbocycles. The van der Waals surface area contributed by atoms with Gasteiger partial charge in [0.15, 0.2) is 0 Å². The number of hydrogen-bond donors (Lipinski definition) is 1. The van der Waals surface area contributed by atoms with Crippen LogP contribution in [-0.4, -0.2) is 37.1 Å². The standard InChI is InChI=1S/C15H32N2/c1-7-17(12(2)3)11-13-9-8-10-15(4,5)14(13)16-6/h12-14,16H,7-11H2,1-6H3. The maximum absolute atomic E-state index is 3.59. The third kappa shape index (κ3) is 3.69. The first-order valence-electron chi connectivity index (χ1n) is 7.33. The molecule has 1 aliphatic rings. The van der Waals surface area contributed by atoms with Crippen molar-refractivity contribution in [2.75, 3.05) is 20.1 Å². The number of hydrogen-bond acceptors (Lipinski definition) is 2. The second kappa shape index (κ2) is 6.19. The van der Waals surface area contributed by atoms with Gasteiger partial charge in [-0.05, 0) is 51.6 Å². The molecule has 0 aromatic rings. The van der Waals surface area contributed by atoms with Gasteiger partial charge in [0.2, 0.25) is 0 Å². The van der Waals surface area contributed by atoms with Crippen LogP contribution >= 0.6 is 0 Å². The second-order valence-corrected chi connectivity index (χ2v) is 6.59. The molecule has 1 saturated carbocycles. The topological polar surface area (TPSA) is 15.3 Å². The van der Waals surface area contributed by atoms with E-state index in [1.807, 2.05) is 0 Å². The van der Waals surface area contributed by atoms with Gasteiger partial charge in [-0.2, -0.15) is 0 Å². The van der Waals surface area contributed by atoms with Crippen LogP contribution in [-0.2, 0) is 0 Å². The van der Waals surface area contributed by atoms with E-state index < -0.39 is 0 Å². The van der Waals surface area contributed by atoms with E-state index in [2.05, 4.69) is 51.9 Å². The Bertz CT molecular complexity index is 223. The van der Waals surface area contributed by atoms with E-state index >= 15 is 0 Å². The van der Waals surface area contributed by atoms with Gasteiger partial charge in [0.1, 0.15) is 0 Å². The molecule has 1 aliphatic carbocycles. The molecule has 0 heterocycles. The molecule has 0 aliphatic heterocycles. The summed E-state index contributed by atoms with van der Waals surface area (Å²) in [4.78, 5) is 2.61. The van der Waals surface area contributed by atoms with Crippen molar-refractivity contribution >= 4 is 0 Å². The van der Waals surface area contributed by atoms with Crippen molar-refractivity contribution in [1.82, 2.24) is 10.2 Å². The molecule has 2 heteroatoms. The van der Waals surface area contributed by atoms with Crippen molar-refractivity contribution < 1.29 is 0 Å². The van der Waals surface area contributed by atoms with Crippen molar-refractivity contribution in [3.63, 3.8) is 0 Å². The Kier molecular flexibility index (Phi) is 5.46. The molecule has 1 fully saturated rings. The summed E-state index contributed by atoms with van der Waals surface area (Å²) in [5.41, 5.74) is 0.452. The van der Waals surface area contributed by atoms with E-state index in [1.54, 1.807) is 0 Å². The Morgan fingerprint density at radius 1 is 1.35 bits per heavy atom. The van der Waals surface area contributed by atoms with Crippen LogP contribution in [0.2, 0.25) is 0 Å². The van der Waals surface area contributed by atoms with E-state index in [4.69, 9.17) is 0 Å². The van der Waals surface area contributed by atoms with Crippen molar-refractivity contribution in [3.8, 4) is 0 Å². The zero-order chi connectivity index (χ0) is 13.1. The fraction of sp³-hybridized carbons (Fsp3) is 1.00. The average molecular weight is 240 g/mol. The summed E-state index contributed by atoms with van der Waals surface area (Å²) in [5.74, 6) is 0.811. The lowest BCUT2D eigenvalue weighted by Crippen LogP contribution is -2.52. The maximum atomic E-state index is 3.59. The van der Waals surface area contributed by atoms with Gasteiger partial charge in [0.05, 0.1) is 0 Å². The van der Waals surface area contributed by atoms with Crippen molar-refractivity contribution in [3.05, 3.63) is 0 Å². The minimum Gasteiger partial charge on any atom is -0.316 e. The van der Waals surface area contributed by atoms with Crippen LogP contribution in [0.25, 0.3) is 0 Å². The van der Waals surface area contributed by atoms with Crippen LogP contribution in [0.1, 0.15) is 53.9 Å². The van der Waals surface area contributed by atoms with Gasteiger partial charge in [0, 0.05) is 18.6 Å². The summed E-state index contributed by atoms with van der Waals surface area (Å²) in [6, 6.07) is 1.34. The molecule has 17 heavy (non-hydrogen) atoms. The van der Waals surface area contributed by atoms with E-state index in [0.29, 0.717) is 17.5 Å². The van der Waals surface area contributed by atoms with Crippen LogP contribution in [0.15, 0.2) is 0 Å². The highest BCUT2D eigenvalue weighted by Gasteiger charge is 2.38. The van der Waals surface area contributed by atoms with E-state index in [-0.39, 0.29) is 0 Å². The summed E-state index contributed by atoms with van der Waals surface area (Å²) in [6.45, 7) is 14.2. The third-order valence-corrected chi connectivity index (χ3v) is 4.63. The fourth-order valence-electron chi connectivity index (χ4n) is 3.61. The average Bonchev–Trinajstić information content (AvgIpc) is 2.24. The Morgan fingerprint density at radius 3 is 2.47 bits per heavy atom. The first-order valence-corrected chi connectivity index (χ1v) is 7.33. The molecule has 1 N–H and O–H groups in total. The molecule has 0 saturated heterocycles. The highest BCUT2D eigenvalue weighted by molar-refractivity contribution is 4.93. The summed E-state index contributed by atoms with van der Waals surface area (Å²) in [7, 11) is 2.14. The fourth-order valence-corrected chi connectivity index (χ4v) is 3.61. The largest absolute Gasteiger partial charge is 0.316 e. The normalized spacial score (nSPS) is 28.9. The molecular weight excluding hydrogens is 208 g/mol. The van der Waals surface area contributed by atoms with Crippen molar-refractivity contribution in [1.29, 1.82) is 0 Å². The molecular formula is C15H32N2. The van der Waals surface area contributed by atoms with Gasteiger partial charge >= 0.3 is 0 Å². The molecule has 0 amide bonds. The Balaban J connectivity index is 2.67. The molecule has 2 atom stereocenters. The Labute approximate surface area is 108 Å². The van der Waals surface area contributed by atoms with E-state index in [1.165, 1.54) is 32.4 Å². The second-order valence-electron chi connectivity index (χ2n) is 6.59. The third-order valence-electron chi connectivity index (χ3n) is 4.63. The van der Waals surface area contributed by atoms with Gasteiger partial charge in [-0.1, -0.05) is 27.2 Å². The van der Waals surface area contributed by atoms with Crippen LogP contribution in [0.3, 0.4) is 0 Å². The van der Waals surface area contributed by atoms with Gasteiger partial charge in [-0.15, -0.1) is 0 Å². The van der Waals surface area contributed by atoms with Crippen LogP contribution in [0, 0.1) is 11.3 Å². The highest BCUT2D eigenvalue weighted by Crippen LogP contribution is 2.39. The van der Waals surface area contributed by atoms with Gasteiger partial charge in [-0.3, -0.25) is 0 Å². The quantitative estimate of drug-likeness (QED) is 0.794. The van der Waals surface area contributed by atoms with Crippen molar-refractivity contribution in [2.45, 2.75) is 66.0 Å². The zero-order valence-electron chi connectivity index (χ0n) is 12.7. The molecule has 0 spiro atoms. The maximum Gasteiger partial charge on any atom is 0.0156 e. The molecule has 0 aromatic heterocycles.